The molecular formula is C15H27N3O. The number of carbonyl (C=O) groups excluding carboxylic acids is 1. The molecule has 0 aromatic carbocycles. The molecule has 4 nitrogen and oxygen atoms in total. The van der Waals surface area contributed by atoms with Crippen molar-refractivity contribution in [2.45, 2.75) is 57.7 Å². The van der Waals surface area contributed by atoms with Crippen molar-refractivity contribution in [1.82, 2.24) is 15.1 Å². The van der Waals surface area contributed by atoms with E-state index in [-0.39, 0.29) is 5.92 Å². The van der Waals surface area contributed by atoms with Gasteiger partial charge in [-0.25, -0.2) is 0 Å². The predicted molar refractivity (Wildman–Crippen MR) is 76.0 cm³/mol. The van der Waals surface area contributed by atoms with E-state index in [1.807, 2.05) is 0 Å². The molecular weight excluding hydrogens is 238 g/mol. The summed E-state index contributed by atoms with van der Waals surface area (Å²) in [5.41, 5.74) is 0. The van der Waals surface area contributed by atoms with Crippen molar-refractivity contribution in [2.24, 2.45) is 5.92 Å². The molecule has 3 heterocycles. The van der Waals surface area contributed by atoms with Crippen LogP contribution in [0.3, 0.4) is 0 Å². The quantitative estimate of drug-likeness (QED) is 0.770. The second-order valence-corrected chi connectivity index (χ2v) is 6.71. The maximum Gasteiger partial charge on any atom is 0.226 e. The summed E-state index contributed by atoms with van der Waals surface area (Å²) in [5, 5.41) is 3.44. The van der Waals surface area contributed by atoms with Crippen LogP contribution in [0.5, 0.6) is 0 Å². The minimum Gasteiger partial charge on any atom is -0.337 e. The topological polar surface area (TPSA) is 35.6 Å². The Bertz CT molecular complexity index is 346. The standard InChI is InChI=1S/C15H27N3O/c1-11-8-13(5-6-16-11)15(19)18-10-14-4-3-7-17(14)9-12(18)2/h11-14,16H,3-10H2,1-2H3/t11-,12?,13-,14?/m0/s1. The SMILES string of the molecule is CC1CN2CCCC2CN1C(=O)[C@H]1CCN[C@@H](C)C1. The first-order chi connectivity index (χ1) is 9.15. The molecule has 4 atom stereocenters. The molecule has 3 saturated heterocycles. The van der Waals surface area contributed by atoms with Crippen molar-refractivity contribution in [3.05, 3.63) is 0 Å². The highest BCUT2D eigenvalue weighted by Gasteiger charge is 2.39. The number of carbonyl (C=O) groups is 1. The van der Waals surface area contributed by atoms with Crippen molar-refractivity contribution in [3.63, 3.8) is 0 Å². The zero-order chi connectivity index (χ0) is 13.4. The molecule has 3 rings (SSSR count). The number of amides is 1. The predicted octanol–water partition coefficient (Wildman–Crippen LogP) is 1.07. The summed E-state index contributed by atoms with van der Waals surface area (Å²) in [7, 11) is 0. The second kappa shape index (κ2) is 5.41. The van der Waals surface area contributed by atoms with Crippen LogP contribution in [0.25, 0.3) is 0 Å². The normalized spacial score (nSPS) is 40.2. The van der Waals surface area contributed by atoms with Gasteiger partial charge in [-0.2, -0.15) is 0 Å². The minimum atomic E-state index is 0.256. The van der Waals surface area contributed by atoms with Gasteiger partial charge in [0.2, 0.25) is 5.91 Å². The Labute approximate surface area is 116 Å². The van der Waals surface area contributed by atoms with E-state index >= 15 is 0 Å². The fraction of sp³-hybridized carbons (Fsp3) is 0.933. The molecule has 0 spiro atoms. The van der Waals surface area contributed by atoms with E-state index in [2.05, 4.69) is 29.0 Å². The Morgan fingerprint density at radius 3 is 2.84 bits per heavy atom. The molecule has 4 heteroatoms. The average Bonchev–Trinajstić information content (AvgIpc) is 2.84. The van der Waals surface area contributed by atoms with E-state index in [9.17, 15) is 4.79 Å². The lowest BCUT2D eigenvalue weighted by Gasteiger charge is -2.44. The number of piperidine rings is 1. The number of fused-ring (bicyclic) bond motifs is 1. The smallest absolute Gasteiger partial charge is 0.226 e. The van der Waals surface area contributed by atoms with E-state index < -0.39 is 0 Å². The molecule has 1 N–H and O–H groups in total. The van der Waals surface area contributed by atoms with Gasteiger partial charge in [-0.05, 0) is 52.6 Å². The lowest BCUT2D eigenvalue weighted by Crippen LogP contribution is -2.58. The van der Waals surface area contributed by atoms with Crippen molar-refractivity contribution >= 4 is 5.91 Å². The van der Waals surface area contributed by atoms with E-state index in [1.165, 1.54) is 19.4 Å². The highest BCUT2D eigenvalue weighted by molar-refractivity contribution is 5.79. The van der Waals surface area contributed by atoms with Crippen LogP contribution in [0.15, 0.2) is 0 Å². The average molecular weight is 265 g/mol. The monoisotopic (exact) mass is 265 g/mol. The molecule has 0 bridgehead atoms. The molecule has 0 aromatic heterocycles. The van der Waals surface area contributed by atoms with Crippen LogP contribution in [-0.2, 0) is 4.79 Å². The number of hydrogen-bond acceptors (Lipinski definition) is 3. The summed E-state index contributed by atoms with van der Waals surface area (Å²) in [5.74, 6) is 0.680. The zero-order valence-corrected chi connectivity index (χ0v) is 12.3. The van der Waals surface area contributed by atoms with E-state index in [1.54, 1.807) is 0 Å². The molecule has 3 fully saturated rings. The summed E-state index contributed by atoms with van der Waals surface area (Å²) in [6.07, 6.45) is 4.61. The van der Waals surface area contributed by atoms with Gasteiger partial charge in [0.1, 0.15) is 0 Å². The number of rotatable bonds is 1. The lowest BCUT2D eigenvalue weighted by molar-refractivity contribution is -0.142. The minimum absolute atomic E-state index is 0.256. The molecule has 0 radical (unpaired) electrons. The van der Waals surface area contributed by atoms with Gasteiger partial charge in [-0.3, -0.25) is 9.69 Å². The zero-order valence-electron chi connectivity index (χ0n) is 12.3. The fourth-order valence-electron chi connectivity index (χ4n) is 4.09. The van der Waals surface area contributed by atoms with E-state index in [0.29, 0.717) is 24.0 Å². The van der Waals surface area contributed by atoms with E-state index in [4.69, 9.17) is 0 Å². The third-order valence-electron chi connectivity index (χ3n) is 5.19. The highest BCUT2D eigenvalue weighted by Crippen LogP contribution is 2.27. The van der Waals surface area contributed by atoms with Crippen LogP contribution < -0.4 is 5.32 Å². The number of piperazine rings is 1. The molecule has 19 heavy (non-hydrogen) atoms. The van der Waals surface area contributed by atoms with Gasteiger partial charge < -0.3 is 10.2 Å². The Morgan fingerprint density at radius 1 is 1.21 bits per heavy atom. The van der Waals surface area contributed by atoms with Crippen molar-refractivity contribution < 1.29 is 4.79 Å². The number of nitrogens with zero attached hydrogens (tertiary/aromatic N) is 2. The maximum atomic E-state index is 12.8. The van der Waals surface area contributed by atoms with Gasteiger partial charge >= 0.3 is 0 Å². The third kappa shape index (κ3) is 2.65. The van der Waals surface area contributed by atoms with Crippen LogP contribution in [-0.4, -0.2) is 60.0 Å². The van der Waals surface area contributed by atoms with Gasteiger partial charge in [0.25, 0.3) is 0 Å². The Hall–Kier alpha value is -0.610. The maximum absolute atomic E-state index is 12.8. The highest BCUT2D eigenvalue weighted by atomic mass is 16.2. The van der Waals surface area contributed by atoms with Crippen LogP contribution in [0.4, 0.5) is 0 Å². The summed E-state index contributed by atoms with van der Waals surface area (Å²) in [4.78, 5) is 17.5. The van der Waals surface area contributed by atoms with Crippen LogP contribution in [0.1, 0.15) is 39.5 Å². The molecule has 3 aliphatic rings. The molecule has 0 aromatic rings. The first-order valence-electron chi connectivity index (χ1n) is 7.93. The Kier molecular flexibility index (Phi) is 3.81. The van der Waals surface area contributed by atoms with Crippen LogP contribution in [0, 0.1) is 5.92 Å². The van der Waals surface area contributed by atoms with Gasteiger partial charge in [-0.15, -0.1) is 0 Å². The summed E-state index contributed by atoms with van der Waals surface area (Å²) >= 11 is 0. The second-order valence-electron chi connectivity index (χ2n) is 6.71. The number of nitrogens with one attached hydrogen (secondary N) is 1. The van der Waals surface area contributed by atoms with Gasteiger partial charge in [0.05, 0.1) is 0 Å². The summed E-state index contributed by atoms with van der Waals surface area (Å²) < 4.78 is 0. The molecule has 3 aliphatic heterocycles. The van der Waals surface area contributed by atoms with Crippen LogP contribution in [0.2, 0.25) is 0 Å². The number of hydrogen-bond donors (Lipinski definition) is 1. The van der Waals surface area contributed by atoms with Gasteiger partial charge in [0, 0.05) is 37.1 Å². The Balaban J connectivity index is 1.65. The summed E-state index contributed by atoms with van der Waals surface area (Å²) in [6.45, 7) is 8.70. The molecule has 0 aliphatic carbocycles. The fourth-order valence-corrected chi connectivity index (χ4v) is 4.09. The molecule has 1 amide bonds. The van der Waals surface area contributed by atoms with Gasteiger partial charge in [0.15, 0.2) is 0 Å². The molecule has 0 saturated carbocycles. The Morgan fingerprint density at radius 2 is 2.05 bits per heavy atom. The van der Waals surface area contributed by atoms with Crippen molar-refractivity contribution in [3.8, 4) is 0 Å². The largest absolute Gasteiger partial charge is 0.337 e. The first-order valence-corrected chi connectivity index (χ1v) is 7.93. The van der Waals surface area contributed by atoms with Crippen molar-refractivity contribution in [1.29, 1.82) is 0 Å². The van der Waals surface area contributed by atoms with E-state index in [0.717, 1.165) is 32.5 Å². The van der Waals surface area contributed by atoms with Crippen molar-refractivity contribution in [2.75, 3.05) is 26.2 Å². The van der Waals surface area contributed by atoms with Gasteiger partial charge in [-0.1, -0.05) is 0 Å². The molecule has 108 valence electrons. The first kappa shape index (κ1) is 13.4. The summed E-state index contributed by atoms with van der Waals surface area (Å²) in [6, 6.07) is 1.53. The lowest BCUT2D eigenvalue weighted by atomic mass is 9.91. The van der Waals surface area contributed by atoms with Crippen LogP contribution >= 0.6 is 0 Å². The third-order valence-corrected chi connectivity index (χ3v) is 5.19. The molecule has 2 unspecified atom stereocenters.